The zero-order chi connectivity index (χ0) is 38.6. The largest absolute Gasteiger partial charge is 0.310 e. The van der Waals surface area contributed by atoms with Crippen LogP contribution in [0.15, 0.2) is 212 Å². The molecule has 0 bridgehead atoms. The number of nitrogens with zero attached hydrogens (tertiary/aromatic N) is 2. The monoisotopic (exact) mass is 758 g/mol. The van der Waals surface area contributed by atoms with Crippen molar-refractivity contribution in [2.75, 3.05) is 4.90 Å². The third-order valence-electron chi connectivity index (χ3n) is 11.5. The van der Waals surface area contributed by atoms with E-state index in [0.29, 0.717) is 0 Å². The summed E-state index contributed by atoms with van der Waals surface area (Å²) in [4.78, 5) is 2.39. The highest BCUT2D eigenvalue weighted by Gasteiger charge is 2.21. The summed E-state index contributed by atoms with van der Waals surface area (Å²) < 4.78 is 5.13. The number of hydrogen-bond donors (Lipinski definition) is 0. The molecule has 0 saturated carbocycles. The minimum Gasteiger partial charge on any atom is -0.310 e. The molecule has 0 aliphatic heterocycles. The molecule has 274 valence electrons. The molecule has 2 aromatic heterocycles. The van der Waals surface area contributed by atoms with Crippen LogP contribution < -0.4 is 4.90 Å². The van der Waals surface area contributed by atoms with E-state index in [4.69, 9.17) is 0 Å². The Kier molecular flexibility index (Phi) is 8.27. The fourth-order valence-electron chi connectivity index (χ4n) is 8.77. The van der Waals surface area contributed by atoms with Gasteiger partial charge in [0.25, 0.3) is 0 Å². The summed E-state index contributed by atoms with van der Waals surface area (Å²) in [6.07, 6.45) is 0. The van der Waals surface area contributed by atoms with Crippen molar-refractivity contribution >= 4 is 70.4 Å². The molecule has 0 unspecified atom stereocenters. The van der Waals surface area contributed by atoms with Crippen LogP contribution in [0, 0.1) is 6.92 Å². The predicted molar refractivity (Wildman–Crippen MR) is 249 cm³/mol. The highest BCUT2D eigenvalue weighted by molar-refractivity contribution is 7.25. The smallest absolute Gasteiger partial charge is 0.0562 e. The molecular weight excluding hydrogens is 721 g/mol. The first-order valence-corrected chi connectivity index (χ1v) is 20.7. The van der Waals surface area contributed by atoms with Crippen molar-refractivity contribution in [2.24, 2.45) is 0 Å². The molecule has 0 saturated heterocycles. The Morgan fingerprint density at radius 2 is 0.897 bits per heavy atom. The van der Waals surface area contributed by atoms with Gasteiger partial charge in [0.15, 0.2) is 0 Å². The number of benzene rings is 9. The second kappa shape index (κ2) is 14.1. The lowest BCUT2D eigenvalue weighted by Crippen LogP contribution is -2.10. The predicted octanol–water partition coefficient (Wildman–Crippen LogP) is 15.9. The third kappa shape index (κ3) is 5.79. The van der Waals surface area contributed by atoms with Crippen LogP contribution in [-0.4, -0.2) is 4.57 Å². The van der Waals surface area contributed by atoms with Crippen molar-refractivity contribution in [2.45, 2.75) is 6.92 Å². The number of anilines is 3. The van der Waals surface area contributed by atoms with E-state index in [9.17, 15) is 0 Å². The van der Waals surface area contributed by atoms with Crippen molar-refractivity contribution in [3.63, 3.8) is 0 Å². The second-order valence-electron chi connectivity index (χ2n) is 15.0. The Hall–Kier alpha value is -7.20. The standard InChI is InChI=1S/C55H38N2S/c1-37-13-12-21-51(55(37)42-27-34-54-49(35-42)48-19-9-11-22-53(48)58-54)57-50-20-10-8-18-46(50)47-33-32-45(36-52(47)57)56(43-28-23-40(24-29-43)38-14-4-2-5-15-38)44-30-25-41(26-31-44)39-16-6-3-7-17-39/h2-36H,1H3. The van der Waals surface area contributed by atoms with Crippen LogP contribution in [0.25, 0.3) is 81.0 Å². The minimum atomic E-state index is 1.09. The number of para-hydroxylation sites is 1. The van der Waals surface area contributed by atoms with Gasteiger partial charge >= 0.3 is 0 Å². The maximum atomic E-state index is 2.49. The maximum absolute atomic E-state index is 2.49. The van der Waals surface area contributed by atoms with Crippen LogP contribution in [0.1, 0.15) is 5.56 Å². The molecule has 11 rings (SSSR count). The van der Waals surface area contributed by atoms with Gasteiger partial charge in [0, 0.05) is 53.6 Å². The summed E-state index contributed by atoms with van der Waals surface area (Å²) in [5.74, 6) is 0. The number of aryl methyl sites for hydroxylation is 1. The average Bonchev–Trinajstić information content (AvgIpc) is 3.82. The van der Waals surface area contributed by atoms with E-state index in [1.807, 2.05) is 11.3 Å². The van der Waals surface area contributed by atoms with Gasteiger partial charge in [0.05, 0.1) is 16.7 Å². The van der Waals surface area contributed by atoms with Crippen LogP contribution in [0.5, 0.6) is 0 Å². The molecule has 0 fully saturated rings. The summed E-state index contributed by atoms with van der Waals surface area (Å²) in [5, 5.41) is 5.09. The van der Waals surface area contributed by atoms with E-state index in [-0.39, 0.29) is 0 Å². The van der Waals surface area contributed by atoms with Gasteiger partial charge in [-0.15, -0.1) is 11.3 Å². The van der Waals surface area contributed by atoms with Crippen LogP contribution in [0.3, 0.4) is 0 Å². The molecule has 0 amide bonds. The summed E-state index contributed by atoms with van der Waals surface area (Å²) in [6, 6.07) is 77.4. The molecule has 2 nitrogen and oxygen atoms in total. The number of hydrogen-bond acceptors (Lipinski definition) is 2. The Balaban J connectivity index is 1.11. The molecule has 0 aliphatic carbocycles. The maximum Gasteiger partial charge on any atom is 0.0562 e. The molecule has 11 aromatic rings. The van der Waals surface area contributed by atoms with E-state index in [1.165, 1.54) is 86.6 Å². The number of aromatic nitrogens is 1. The Morgan fingerprint density at radius 3 is 1.59 bits per heavy atom. The van der Waals surface area contributed by atoms with Crippen molar-refractivity contribution in [3.8, 4) is 39.1 Å². The molecule has 2 heterocycles. The van der Waals surface area contributed by atoms with Gasteiger partial charge in [-0.3, -0.25) is 0 Å². The first kappa shape index (κ1) is 34.1. The van der Waals surface area contributed by atoms with Crippen LogP contribution in [0.2, 0.25) is 0 Å². The summed E-state index contributed by atoms with van der Waals surface area (Å²) in [7, 11) is 0. The van der Waals surface area contributed by atoms with E-state index in [0.717, 1.165) is 17.1 Å². The molecule has 0 N–H and O–H groups in total. The first-order chi connectivity index (χ1) is 28.7. The van der Waals surface area contributed by atoms with Gasteiger partial charge in [-0.2, -0.15) is 0 Å². The molecule has 0 radical (unpaired) electrons. The van der Waals surface area contributed by atoms with E-state index < -0.39 is 0 Å². The molecule has 0 aliphatic rings. The third-order valence-corrected chi connectivity index (χ3v) is 12.7. The minimum absolute atomic E-state index is 1.09. The van der Waals surface area contributed by atoms with E-state index in [1.54, 1.807) is 0 Å². The lowest BCUT2D eigenvalue weighted by Gasteiger charge is -2.26. The second-order valence-corrected chi connectivity index (χ2v) is 16.1. The molecular formula is C55H38N2S. The zero-order valence-electron chi connectivity index (χ0n) is 32.0. The van der Waals surface area contributed by atoms with E-state index >= 15 is 0 Å². The Morgan fingerprint density at radius 1 is 0.362 bits per heavy atom. The van der Waals surface area contributed by atoms with Crippen LogP contribution in [-0.2, 0) is 0 Å². The summed E-state index contributed by atoms with van der Waals surface area (Å²) in [5.41, 5.74) is 15.3. The number of rotatable bonds is 7. The quantitative estimate of drug-likeness (QED) is 0.157. The average molecular weight is 759 g/mol. The van der Waals surface area contributed by atoms with Gasteiger partial charge in [-0.25, -0.2) is 0 Å². The zero-order valence-corrected chi connectivity index (χ0v) is 32.8. The van der Waals surface area contributed by atoms with Gasteiger partial charge in [-0.1, -0.05) is 146 Å². The van der Waals surface area contributed by atoms with Crippen molar-refractivity contribution in [1.29, 1.82) is 0 Å². The van der Waals surface area contributed by atoms with Gasteiger partial charge in [0.1, 0.15) is 0 Å². The van der Waals surface area contributed by atoms with Crippen molar-refractivity contribution in [1.82, 2.24) is 4.57 Å². The fraction of sp³-hybridized carbons (Fsp3) is 0.0182. The van der Waals surface area contributed by atoms with Crippen LogP contribution in [0.4, 0.5) is 17.1 Å². The first-order valence-electron chi connectivity index (χ1n) is 19.8. The molecule has 9 aromatic carbocycles. The highest BCUT2D eigenvalue weighted by atomic mass is 32.1. The lowest BCUT2D eigenvalue weighted by molar-refractivity contribution is 1.17. The number of fused-ring (bicyclic) bond motifs is 6. The number of thiophene rings is 1. The van der Waals surface area contributed by atoms with Crippen LogP contribution >= 0.6 is 11.3 Å². The van der Waals surface area contributed by atoms with Crippen molar-refractivity contribution < 1.29 is 0 Å². The van der Waals surface area contributed by atoms with E-state index in [2.05, 4.69) is 229 Å². The van der Waals surface area contributed by atoms with Gasteiger partial charge < -0.3 is 9.47 Å². The van der Waals surface area contributed by atoms with Gasteiger partial charge in [0.2, 0.25) is 0 Å². The summed E-state index contributed by atoms with van der Waals surface area (Å²) in [6.45, 7) is 2.24. The highest BCUT2D eigenvalue weighted by Crippen LogP contribution is 2.44. The SMILES string of the molecule is Cc1cccc(-n2c3ccccc3c3ccc(N(c4ccc(-c5ccccc5)cc4)c4ccc(-c5ccccc5)cc4)cc32)c1-c1ccc2sc3ccccc3c2c1. The fourth-order valence-corrected chi connectivity index (χ4v) is 9.85. The lowest BCUT2D eigenvalue weighted by atomic mass is 9.96. The topological polar surface area (TPSA) is 8.17 Å². The Labute approximate surface area is 342 Å². The normalized spacial score (nSPS) is 11.5. The van der Waals surface area contributed by atoms with Crippen molar-refractivity contribution in [3.05, 3.63) is 218 Å². The molecule has 0 atom stereocenters. The summed E-state index contributed by atoms with van der Waals surface area (Å²) >= 11 is 1.87. The molecule has 3 heteroatoms. The molecule has 58 heavy (non-hydrogen) atoms. The Bertz CT molecular complexity index is 3180. The van der Waals surface area contributed by atoms with Gasteiger partial charge in [-0.05, 0) is 107 Å². The molecule has 0 spiro atoms.